The van der Waals surface area contributed by atoms with Gasteiger partial charge in [0.15, 0.2) is 0 Å². The first-order chi connectivity index (χ1) is 5.58. The maximum atomic E-state index is 11.3. The van der Waals surface area contributed by atoms with Crippen LogP contribution in [0.3, 0.4) is 0 Å². The number of ether oxygens (including phenoxy) is 1. The average Bonchev–Trinajstić information content (AvgIpc) is 2.13. The molecular formula is C6H13O5P. The Morgan fingerprint density at radius 3 is 2.08 bits per heavy atom. The van der Waals surface area contributed by atoms with E-state index >= 15 is 0 Å². The van der Waals surface area contributed by atoms with Gasteiger partial charge < -0.3 is 13.8 Å². The number of methoxy groups -OCH3 is 1. The lowest BCUT2D eigenvalue weighted by Gasteiger charge is -2.11. The third kappa shape index (κ3) is 3.85. The largest absolute Gasteiger partial charge is 0.469 e. The van der Waals surface area contributed by atoms with Crippen molar-refractivity contribution in [2.24, 2.45) is 0 Å². The van der Waals surface area contributed by atoms with Gasteiger partial charge in [-0.2, -0.15) is 0 Å². The smallest absolute Gasteiger partial charge is 0.330 e. The Bertz CT molecular complexity index is 182. The van der Waals surface area contributed by atoms with Gasteiger partial charge in [-0.15, -0.1) is 0 Å². The second kappa shape index (κ2) is 5.30. The number of hydrogen-bond donors (Lipinski definition) is 0. The van der Waals surface area contributed by atoms with Gasteiger partial charge >= 0.3 is 13.6 Å². The molecule has 0 fully saturated rings. The minimum Gasteiger partial charge on any atom is -0.469 e. The minimum atomic E-state index is -3.05. The van der Waals surface area contributed by atoms with E-state index < -0.39 is 13.6 Å². The minimum absolute atomic E-state index is 0.0372. The van der Waals surface area contributed by atoms with E-state index in [4.69, 9.17) is 0 Å². The Labute approximate surface area is 71.5 Å². The molecule has 0 saturated heterocycles. The van der Waals surface area contributed by atoms with Crippen LogP contribution < -0.4 is 0 Å². The first kappa shape index (κ1) is 11.6. The van der Waals surface area contributed by atoms with Gasteiger partial charge in [-0.3, -0.25) is 9.36 Å². The summed E-state index contributed by atoms with van der Waals surface area (Å²) in [7, 11) is 0.780. The van der Waals surface area contributed by atoms with Crippen molar-refractivity contribution in [3.8, 4) is 0 Å². The van der Waals surface area contributed by atoms with Crippen molar-refractivity contribution in [3.05, 3.63) is 0 Å². The zero-order chi connectivity index (χ0) is 9.61. The van der Waals surface area contributed by atoms with Crippen LogP contribution in [0.5, 0.6) is 0 Å². The predicted octanol–water partition coefficient (Wildman–Crippen LogP) is 1.04. The van der Waals surface area contributed by atoms with Crippen LogP contribution in [-0.2, 0) is 23.1 Å². The van der Waals surface area contributed by atoms with E-state index in [1.165, 1.54) is 21.3 Å². The van der Waals surface area contributed by atoms with Crippen molar-refractivity contribution >= 4 is 13.6 Å². The van der Waals surface area contributed by atoms with E-state index in [0.29, 0.717) is 0 Å². The third-order valence-corrected chi connectivity index (χ3v) is 3.26. The monoisotopic (exact) mass is 196 g/mol. The number of hydrogen-bond acceptors (Lipinski definition) is 5. The lowest BCUT2D eigenvalue weighted by molar-refractivity contribution is -0.140. The molecule has 0 aromatic carbocycles. The van der Waals surface area contributed by atoms with E-state index in [0.717, 1.165) is 0 Å². The molecule has 5 nitrogen and oxygen atoms in total. The van der Waals surface area contributed by atoms with Gasteiger partial charge in [-0.1, -0.05) is 0 Å². The molecule has 0 aromatic heterocycles. The highest BCUT2D eigenvalue weighted by atomic mass is 31.2. The molecule has 0 N–H and O–H groups in total. The number of carbonyl (C=O) groups excluding carboxylic acids is 1. The Balaban J connectivity index is 3.89. The Kier molecular flexibility index (Phi) is 5.13. The summed E-state index contributed by atoms with van der Waals surface area (Å²) in [4.78, 5) is 10.6. The van der Waals surface area contributed by atoms with E-state index in [1.807, 2.05) is 0 Å². The highest BCUT2D eigenvalue weighted by Crippen LogP contribution is 2.46. The van der Waals surface area contributed by atoms with Crippen molar-refractivity contribution in [2.75, 3.05) is 27.5 Å². The fraction of sp³-hybridized carbons (Fsp3) is 0.833. The summed E-state index contributed by atoms with van der Waals surface area (Å²) in [5.41, 5.74) is 0. The van der Waals surface area contributed by atoms with Crippen LogP contribution in [0.4, 0.5) is 0 Å². The van der Waals surface area contributed by atoms with Gasteiger partial charge in [-0.25, -0.2) is 0 Å². The maximum absolute atomic E-state index is 11.3. The molecule has 0 radical (unpaired) electrons. The number of carbonyl (C=O) groups is 1. The normalized spacial score (nSPS) is 11.2. The summed E-state index contributed by atoms with van der Waals surface area (Å²) in [5, 5.41) is 0. The Morgan fingerprint density at radius 1 is 1.25 bits per heavy atom. The lowest BCUT2D eigenvalue weighted by Crippen LogP contribution is -2.05. The summed E-state index contributed by atoms with van der Waals surface area (Å²) < 4.78 is 24.9. The van der Waals surface area contributed by atoms with Crippen LogP contribution in [0, 0.1) is 0 Å². The fourth-order valence-corrected chi connectivity index (χ4v) is 1.56. The van der Waals surface area contributed by atoms with Crippen molar-refractivity contribution in [2.45, 2.75) is 6.42 Å². The molecule has 0 aliphatic heterocycles. The van der Waals surface area contributed by atoms with Crippen LogP contribution in [0.15, 0.2) is 0 Å². The van der Waals surface area contributed by atoms with E-state index in [2.05, 4.69) is 13.8 Å². The van der Waals surface area contributed by atoms with Crippen LogP contribution in [0.2, 0.25) is 0 Å². The Morgan fingerprint density at radius 2 is 1.75 bits per heavy atom. The zero-order valence-electron chi connectivity index (χ0n) is 7.40. The average molecular weight is 196 g/mol. The van der Waals surface area contributed by atoms with E-state index in [1.54, 1.807) is 0 Å². The first-order valence-electron chi connectivity index (χ1n) is 3.35. The standard InChI is InChI=1S/C6H13O5P/c1-9-6(7)4-5-12(8,10-2)11-3/h4-5H2,1-3H3. The molecule has 0 atom stereocenters. The fourth-order valence-electron chi connectivity index (χ4n) is 0.587. The lowest BCUT2D eigenvalue weighted by atomic mass is 10.5. The molecular weight excluding hydrogens is 183 g/mol. The molecule has 0 saturated carbocycles. The van der Waals surface area contributed by atoms with E-state index in [9.17, 15) is 9.36 Å². The van der Waals surface area contributed by atoms with Gasteiger partial charge in [0, 0.05) is 14.2 Å². The first-order valence-corrected chi connectivity index (χ1v) is 5.08. The zero-order valence-corrected chi connectivity index (χ0v) is 8.30. The van der Waals surface area contributed by atoms with Gasteiger partial charge in [0.25, 0.3) is 0 Å². The van der Waals surface area contributed by atoms with Gasteiger partial charge in [-0.05, 0) is 0 Å². The second-order valence-corrected chi connectivity index (χ2v) is 4.43. The molecule has 0 aliphatic rings. The number of esters is 1. The third-order valence-electron chi connectivity index (χ3n) is 1.37. The predicted molar refractivity (Wildman–Crippen MR) is 43.1 cm³/mol. The topological polar surface area (TPSA) is 61.8 Å². The molecule has 0 unspecified atom stereocenters. The molecule has 72 valence electrons. The Hall–Kier alpha value is -0.380. The summed E-state index contributed by atoms with van der Waals surface area (Å²) in [6.45, 7) is 0. The van der Waals surface area contributed by atoms with Crippen molar-refractivity contribution in [3.63, 3.8) is 0 Å². The molecule has 0 aliphatic carbocycles. The maximum Gasteiger partial charge on any atom is 0.330 e. The van der Waals surface area contributed by atoms with Crippen LogP contribution in [-0.4, -0.2) is 33.5 Å². The highest BCUT2D eigenvalue weighted by Gasteiger charge is 2.22. The number of rotatable bonds is 5. The molecule has 12 heavy (non-hydrogen) atoms. The molecule has 0 aromatic rings. The molecule has 0 bridgehead atoms. The SMILES string of the molecule is COC(=O)CCP(=O)(OC)OC. The van der Waals surface area contributed by atoms with Gasteiger partial charge in [0.1, 0.15) is 0 Å². The molecule has 0 heterocycles. The molecule has 6 heteroatoms. The summed E-state index contributed by atoms with van der Waals surface area (Å²) in [5.74, 6) is -0.427. The highest BCUT2D eigenvalue weighted by molar-refractivity contribution is 7.53. The van der Waals surface area contributed by atoms with Crippen LogP contribution in [0.1, 0.15) is 6.42 Å². The van der Waals surface area contributed by atoms with Crippen molar-refractivity contribution in [1.82, 2.24) is 0 Å². The molecule has 0 spiro atoms. The summed E-state index contributed by atoms with van der Waals surface area (Å²) in [6, 6.07) is 0. The summed E-state index contributed by atoms with van der Waals surface area (Å²) >= 11 is 0. The van der Waals surface area contributed by atoms with Crippen LogP contribution >= 0.6 is 7.60 Å². The quantitative estimate of drug-likeness (QED) is 0.485. The van der Waals surface area contributed by atoms with Gasteiger partial charge in [0.2, 0.25) is 0 Å². The molecule has 0 amide bonds. The van der Waals surface area contributed by atoms with E-state index in [-0.39, 0.29) is 12.6 Å². The second-order valence-electron chi connectivity index (χ2n) is 2.03. The molecule has 0 rings (SSSR count). The van der Waals surface area contributed by atoms with Gasteiger partial charge in [0.05, 0.1) is 19.7 Å². The summed E-state index contributed by atoms with van der Waals surface area (Å²) in [6.07, 6.45) is 0.0854. The van der Waals surface area contributed by atoms with Crippen LogP contribution in [0.25, 0.3) is 0 Å². The van der Waals surface area contributed by atoms with Crippen molar-refractivity contribution in [1.29, 1.82) is 0 Å². The van der Waals surface area contributed by atoms with Crippen molar-refractivity contribution < 1.29 is 23.1 Å².